The largest absolute Gasteiger partial charge is 0.309 e. The van der Waals surface area contributed by atoms with Crippen molar-refractivity contribution >= 4 is 44.0 Å². The number of nitrogens with zero attached hydrogens (tertiary/aromatic N) is 4. The smallest absolute Gasteiger partial charge is 0.239 e. The van der Waals surface area contributed by atoms with Crippen LogP contribution in [0.2, 0.25) is 5.02 Å². The molecule has 2 fully saturated rings. The molecule has 0 N–H and O–H groups in total. The summed E-state index contributed by atoms with van der Waals surface area (Å²) in [4.78, 5) is 20.6. The number of piperidine rings is 1. The molecule has 3 aliphatic rings. The van der Waals surface area contributed by atoms with E-state index in [1.54, 1.807) is 23.4 Å². The third kappa shape index (κ3) is 3.69. The summed E-state index contributed by atoms with van der Waals surface area (Å²) in [5, 5.41) is 11.9. The molecule has 3 heterocycles. The number of hydrogen-bond donors (Lipinski definition) is 0. The van der Waals surface area contributed by atoms with Gasteiger partial charge in [-0.3, -0.25) is 9.78 Å². The Bertz CT molecular complexity index is 1540. The number of anilines is 1. The van der Waals surface area contributed by atoms with E-state index in [1.165, 1.54) is 4.31 Å². The summed E-state index contributed by atoms with van der Waals surface area (Å²) in [5.41, 5.74) is 0.434. The lowest BCUT2D eigenvalue weighted by Gasteiger charge is -2.47. The first-order valence-corrected chi connectivity index (χ1v) is 14.1. The summed E-state index contributed by atoms with van der Waals surface area (Å²) in [7, 11) is -3.76. The third-order valence-electron chi connectivity index (χ3n) is 7.90. The van der Waals surface area contributed by atoms with Crippen molar-refractivity contribution < 1.29 is 13.2 Å². The molecule has 1 saturated carbocycles. The van der Waals surface area contributed by atoms with Crippen LogP contribution < -0.4 is 4.90 Å². The van der Waals surface area contributed by atoms with E-state index in [-0.39, 0.29) is 24.7 Å². The number of pyridine rings is 1. The van der Waals surface area contributed by atoms with Crippen LogP contribution in [0.15, 0.2) is 54.9 Å². The van der Waals surface area contributed by atoms with Crippen molar-refractivity contribution in [1.29, 1.82) is 5.26 Å². The van der Waals surface area contributed by atoms with Gasteiger partial charge in [0.05, 0.1) is 34.5 Å². The molecule has 2 aromatic carbocycles. The second-order valence-electron chi connectivity index (χ2n) is 10.2. The maximum absolute atomic E-state index is 14.4. The molecule has 3 aromatic rings. The standard InChI is InChI=1S/C27H25ClN4O3S/c28-21-7-6-20-15-31(36(34,35)18-26(16-29)9-10-26)17-27(23(20)12-21)8-3-11-32(25(27)33)24-14-30-13-19-4-1-2-5-22(19)24/h1-2,4-7,12-14H,3,8-11,15,17-18H2/t27-/m1/s1. The predicted molar refractivity (Wildman–Crippen MR) is 138 cm³/mol. The molecule has 0 radical (unpaired) electrons. The van der Waals surface area contributed by atoms with Crippen LogP contribution in [0.3, 0.4) is 0 Å². The summed E-state index contributed by atoms with van der Waals surface area (Å²) in [6.07, 6.45) is 5.89. The van der Waals surface area contributed by atoms with Gasteiger partial charge in [0, 0.05) is 41.6 Å². The molecule has 1 spiro atoms. The number of rotatable bonds is 4. The van der Waals surface area contributed by atoms with Gasteiger partial charge in [-0.25, -0.2) is 8.42 Å². The van der Waals surface area contributed by atoms with Gasteiger partial charge < -0.3 is 4.90 Å². The van der Waals surface area contributed by atoms with Gasteiger partial charge in [0.1, 0.15) is 0 Å². The summed E-state index contributed by atoms with van der Waals surface area (Å²) in [6, 6.07) is 15.4. The molecular weight excluding hydrogens is 496 g/mol. The molecular formula is C27H25ClN4O3S. The fraction of sp³-hybridized carbons (Fsp3) is 0.370. The lowest BCUT2D eigenvalue weighted by Crippen LogP contribution is -2.60. The quantitative estimate of drug-likeness (QED) is 0.508. The van der Waals surface area contributed by atoms with Crippen LogP contribution in [-0.2, 0) is 26.8 Å². The topological polar surface area (TPSA) is 94.4 Å². The molecule has 1 aromatic heterocycles. The maximum Gasteiger partial charge on any atom is 0.239 e. The Morgan fingerprint density at radius 2 is 1.92 bits per heavy atom. The van der Waals surface area contributed by atoms with Gasteiger partial charge in [0.2, 0.25) is 15.9 Å². The van der Waals surface area contributed by atoms with Crippen molar-refractivity contribution in [3.8, 4) is 6.07 Å². The van der Waals surface area contributed by atoms with E-state index in [1.807, 2.05) is 36.4 Å². The lowest BCUT2D eigenvalue weighted by molar-refractivity contribution is -0.126. The highest BCUT2D eigenvalue weighted by Crippen LogP contribution is 2.49. The normalized spacial score (nSPS) is 23.4. The van der Waals surface area contributed by atoms with Crippen molar-refractivity contribution in [2.75, 3.05) is 23.7 Å². The minimum Gasteiger partial charge on any atom is -0.309 e. The Balaban J connectivity index is 1.45. The van der Waals surface area contributed by atoms with Gasteiger partial charge >= 0.3 is 0 Å². The highest BCUT2D eigenvalue weighted by atomic mass is 35.5. The van der Waals surface area contributed by atoms with E-state index in [0.29, 0.717) is 37.3 Å². The number of halogens is 1. The van der Waals surface area contributed by atoms with Crippen LogP contribution in [0, 0.1) is 16.7 Å². The summed E-state index contributed by atoms with van der Waals surface area (Å²) >= 11 is 6.40. The van der Waals surface area contributed by atoms with Crippen molar-refractivity contribution in [3.05, 3.63) is 71.0 Å². The first-order valence-electron chi connectivity index (χ1n) is 12.1. The zero-order valence-corrected chi connectivity index (χ0v) is 21.2. The van der Waals surface area contributed by atoms with Crippen LogP contribution in [-0.4, -0.2) is 42.5 Å². The maximum atomic E-state index is 14.4. The van der Waals surface area contributed by atoms with E-state index in [2.05, 4.69) is 11.1 Å². The number of benzene rings is 2. The first-order chi connectivity index (χ1) is 17.3. The van der Waals surface area contributed by atoms with Gasteiger partial charge in [-0.1, -0.05) is 41.9 Å². The predicted octanol–water partition coefficient (Wildman–Crippen LogP) is 4.40. The number of carbonyl (C=O) groups is 1. The number of hydrogen-bond acceptors (Lipinski definition) is 5. The Labute approximate surface area is 215 Å². The fourth-order valence-corrected chi connectivity index (χ4v) is 7.95. The molecule has 1 aliphatic carbocycles. The highest BCUT2D eigenvalue weighted by molar-refractivity contribution is 7.89. The van der Waals surface area contributed by atoms with Crippen molar-refractivity contribution in [2.24, 2.45) is 5.41 Å². The van der Waals surface area contributed by atoms with Crippen LogP contribution in [0.25, 0.3) is 10.8 Å². The van der Waals surface area contributed by atoms with Crippen LogP contribution in [0.4, 0.5) is 5.69 Å². The Kier molecular flexibility index (Phi) is 5.38. The van der Waals surface area contributed by atoms with Gasteiger partial charge in [0.25, 0.3) is 0 Å². The number of fused-ring (bicyclic) bond motifs is 3. The van der Waals surface area contributed by atoms with Gasteiger partial charge in [-0.05, 0) is 48.9 Å². The summed E-state index contributed by atoms with van der Waals surface area (Å²) in [5.74, 6) is -0.350. The van der Waals surface area contributed by atoms with E-state index >= 15 is 0 Å². The van der Waals surface area contributed by atoms with Crippen LogP contribution in [0.1, 0.15) is 36.8 Å². The minimum atomic E-state index is -3.76. The van der Waals surface area contributed by atoms with Gasteiger partial charge in [-0.2, -0.15) is 9.57 Å². The van der Waals surface area contributed by atoms with Crippen LogP contribution >= 0.6 is 11.6 Å². The van der Waals surface area contributed by atoms with E-state index in [9.17, 15) is 18.5 Å². The molecule has 36 heavy (non-hydrogen) atoms. The average Bonchev–Trinajstić information content (AvgIpc) is 3.65. The SMILES string of the molecule is N#CC1(CS(=O)(=O)N2Cc3ccc(Cl)cc3[C@@]3(CCCN(c4cncc5ccccc45)C3=O)C2)CC1. The summed E-state index contributed by atoms with van der Waals surface area (Å²) < 4.78 is 28.5. The minimum absolute atomic E-state index is 0.0394. The van der Waals surface area contributed by atoms with Gasteiger partial charge in [0.15, 0.2) is 0 Å². The molecule has 0 unspecified atom stereocenters. The van der Waals surface area contributed by atoms with Crippen molar-refractivity contribution in [2.45, 2.75) is 37.6 Å². The second kappa shape index (κ2) is 8.27. The molecule has 1 saturated heterocycles. The number of amides is 1. The third-order valence-corrected chi connectivity index (χ3v) is 10.1. The molecule has 9 heteroatoms. The van der Waals surface area contributed by atoms with Crippen molar-refractivity contribution in [3.63, 3.8) is 0 Å². The molecule has 184 valence electrons. The number of sulfonamides is 1. The summed E-state index contributed by atoms with van der Waals surface area (Å²) in [6.45, 7) is 0.732. The zero-order chi connectivity index (χ0) is 25.1. The monoisotopic (exact) mass is 520 g/mol. The van der Waals surface area contributed by atoms with Crippen molar-refractivity contribution in [1.82, 2.24) is 9.29 Å². The number of aromatic nitrogens is 1. The highest BCUT2D eigenvalue weighted by Gasteiger charge is 2.54. The van der Waals surface area contributed by atoms with Gasteiger partial charge in [-0.15, -0.1) is 0 Å². The second-order valence-corrected chi connectivity index (χ2v) is 12.6. The first kappa shape index (κ1) is 23.4. The average molecular weight is 521 g/mol. The fourth-order valence-electron chi connectivity index (χ4n) is 5.79. The molecule has 6 rings (SSSR count). The Hall–Kier alpha value is -2.99. The molecule has 0 bridgehead atoms. The molecule has 1 amide bonds. The van der Waals surface area contributed by atoms with Crippen LogP contribution in [0.5, 0.6) is 0 Å². The number of nitriles is 1. The van der Waals surface area contributed by atoms with E-state index < -0.39 is 20.9 Å². The van der Waals surface area contributed by atoms with E-state index in [0.717, 1.165) is 27.6 Å². The molecule has 7 nitrogen and oxygen atoms in total. The zero-order valence-electron chi connectivity index (χ0n) is 19.7. The van der Waals surface area contributed by atoms with E-state index in [4.69, 9.17) is 11.6 Å². The molecule has 1 atom stereocenters. The number of carbonyl (C=O) groups excluding carboxylic acids is 1. The Morgan fingerprint density at radius 1 is 1.11 bits per heavy atom. The Morgan fingerprint density at radius 3 is 2.69 bits per heavy atom. The lowest BCUT2D eigenvalue weighted by atomic mass is 9.69. The molecule has 2 aliphatic heterocycles.